The van der Waals surface area contributed by atoms with Crippen molar-refractivity contribution in [3.8, 4) is 0 Å². The van der Waals surface area contributed by atoms with Crippen molar-refractivity contribution < 1.29 is 14.3 Å². The van der Waals surface area contributed by atoms with Crippen LogP contribution in [0, 0.1) is 0 Å². The second-order valence-electron chi connectivity index (χ2n) is 5.14. The summed E-state index contributed by atoms with van der Waals surface area (Å²) in [6, 6.07) is 14.7. The highest BCUT2D eigenvalue weighted by molar-refractivity contribution is 9.10. The van der Waals surface area contributed by atoms with E-state index in [0.717, 1.165) is 15.6 Å². The first kappa shape index (κ1) is 15.5. The van der Waals surface area contributed by atoms with Crippen molar-refractivity contribution in [3.05, 3.63) is 76.3 Å². The van der Waals surface area contributed by atoms with Crippen LogP contribution >= 0.6 is 15.9 Å². The maximum atomic E-state index is 12.3. The van der Waals surface area contributed by atoms with E-state index in [2.05, 4.69) is 22.5 Å². The van der Waals surface area contributed by atoms with Crippen molar-refractivity contribution >= 4 is 33.5 Å². The fourth-order valence-corrected chi connectivity index (χ4v) is 2.85. The Morgan fingerprint density at radius 1 is 1.09 bits per heavy atom. The Morgan fingerprint density at radius 3 is 2.43 bits per heavy atom. The number of fused-ring (bicyclic) bond motifs is 1. The van der Waals surface area contributed by atoms with Crippen LogP contribution in [-0.4, -0.2) is 23.3 Å². The molecule has 4 nitrogen and oxygen atoms in total. The van der Waals surface area contributed by atoms with E-state index in [-0.39, 0.29) is 19.1 Å². The highest BCUT2D eigenvalue weighted by Crippen LogP contribution is 2.30. The van der Waals surface area contributed by atoms with Gasteiger partial charge >= 0.3 is 5.97 Å². The first-order chi connectivity index (χ1) is 11.1. The zero-order chi connectivity index (χ0) is 16.4. The van der Waals surface area contributed by atoms with E-state index in [9.17, 15) is 9.59 Å². The number of rotatable bonds is 4. The van der Waals surface area contributed by atoms with E-state index < -0.39 is 5.97 Å². The monoisotopic (exact) mass is 371 g/mol. The summed E-state index contributed by atoms with van der Waals surface area (Å²) in [5.41, 5.74) is 2.73. The van der Waals surface area contributed by atoms with Gasteiger partial charge in [0, 0.05) is 26.9 Å². The lowest BCUT2D eigenvalue weighted by Gasteiger charge is -2.16. The fraction of sp³-hybridized carbons (Fsp3) is 0.111. The van der Waals surface area contributed by atoms with Gasteiger partial charge < -0.3 is 4.74 Å². The third-order valence-corrected chi connectivity index (χ3v) is 4.45. The molecule has 0 radical (unpaired) electrons. The smallest absolute Gasteiger partial charge is 0.326 e. The molecule has 0 saturated heterocycles. The third-order valence-electron chi connectivity index (χ3n) is 3.67. The lowest BCUT2D eigenvalue weighted by Crippen LogP contribution is -2.30. The van der Waals surface area contributed by atoms with Crippen LogP contribution in [0.4, 0.5) is 0 Å². The molecule has 2 aromatic rings. The molecule has 5 heteroatoms. The predicted octanol–water partition coefficient (Wildman–Crippen LogP) is 3.62. The molecule has 0 unspecified atom stereocenters. The maximum absolute atomic E-state index is 12.3. The van der Waals surface area contributed by atoms with Gasteiger partial charge in [0.2, 0.25) is 0 Å². The third kappa shape index (κ3) is 3.05. The summed E-state index contributed by atoms with van der Waals surface area (Å²) in [6.45, 7) is 3.92. The standard InChI is InChI=1S/C18H14BrNO3/c1-12-14-7-3-4-8-15(14)18(22)20(12)10-17(21)23-11-13-6-2-5-9-16(13)19/h2-9H,1,10-11H2. The van der Waals surface area contributed by atoms with Gasteiger partial charge in [-0.1, -0.05) is 58.9 Å². The van der Waals surface area contributed by atoms with Crippen LogP contribution in [0.3, 0.4) is 0 Å². The number of ether oxygens (including phenoxy) is 1. The molecule has 2 aromatic carbocycles. The first-order valence-corrected chi connectivity index (χ1v) is 7.86. The number of hydrogen-bond acceptors (Lipinski definition) is 3. The van der Waals surface area contributed by atoms with Gasteiger partial charge in [-0.25, -0.2) is 0 Å². The average molecular weight is 372 g/mol. The number of halogens is 1. The quantitative estimate of drug-likeness (QED) is 0.771. The summed E-state index contributed by atoms with van der Waals surface area (Å²) in [7, 11) is 0. The molecular formula is C18H14BrNO3. The molecule has 0 saturated carbocycles. The van der Waals surface area contributed by atoms with Crippen LogP contribution in [0.25, 0.3) is 5.70 Å². The summed E-state index contributed by atoms with van der Waals surface area (Å²) >= 11 is 3.40. The summed E-state index contributed by atoms with van der Waals surface area (Å²) in [4.78, 5) is 25.7. The Kier molecular flexibility index (Phi) is 4.30. The minimum absolute atomic E-state index is 0.142. The molecule has 0 aromatic heterocycles. The van der Waals surface area contributed by atoms with Crippen LogP contribution < -0.4 is 0 Å². The number of carbonyl (C=O) groups is 2. The summed E-state index contributed by atoms with van der Waals surface area (Å²) in [5, 5.41) is 0. The van der Waals surface area contributed by atoms with Gasteiger partial charge in [-0.3, -0.25) is 14.5 Å². The molecule has 0 spiro atoms. The molecule has 0 N–H and O–H groups in total. The summed E-state index contributed by atoms with van der Waals surface area (Å²) < 4.78 is 6.14. The summed E-state index contributed by atoms with van der Waals surface area (Å²) in [6.07, 6.45) is 0. The second-order valence-corrected chi connectivity index (χ2v) is 5.99. The van der Waals surface area contributed by atoms with Crippen molar-refractivity contribution in [1.82, 2.24) is 4.90 Å². The Balaban J connectivity index is 1.64. The number of nitrogens with zero attached hydrogens (tertiary/aromatic N) is 1. The van der Waals surface area contributed by atoms with Crippen LogP contribution in [0.2, 0.25) is 0 Å². The Morgan fingerprint density at radius 2 is 1.74 bits per heavy atom. The zero-order valence-corrected chi connectivity index (χ0v) is 13.9. The molecule has 1 aliphatic heterocycles. The van der Waals surface area contributed by atoms with Gasteiger partial charge in [-0.05, 0) is 12.1 Å². The minimum Gasteiger partial charge on any atom is -0.459 e. The Labute approximate surface area is 142 Å². The molecule has 116 valence electrons. The van der Waals surface area contributed by atoms with Crippen LogP contribution in [0.1, 0.15) is 21.5 Å². The number of esters is 1. The van der Waals surface area contributed by atoms with E-state index in [1.807, 2.05) is 36.4 Å². The number of hydrogen-bond donors (Lipinski definition) is 0. The molecular weight excluding hydrogens is 358 g/mol. The van der Waals surface area contributed by atoms with Crippen molar-refractivity contribution in [2.45, 2.75) is 6.61 Å². The van der Waals surface area contributed by atoms with Gasteiger partial charge in [0.25, 0.3) is 5.91 Å². The highest BCUT2D eigenvalue weighted by atomic mass is 79.9. The molecule has 0 atom stereocenters. The van der Waals surface area contributed by atoms with Crippen LogP contribution in [0.15, 0.2) is 59.6 Å². The van der Waals surface area contributed by atoms with Crippen molar-refractivity contribution in [2.75, 3.05) is 6.54 Å². The zero-order valence-electron chi connectivity index (χ0n) is 12.3. The average Bonchev–Trinajstić information content (AvgIpc) is 2.80. The van der Waals surface area contributed by atoms with Crippen LogP contribution in [0.5, 0.6) is 0 Å². The van der Waals surface area contributed by atoms with E-state index in [0.29, 0.717) is 11.3 Å². The van der Waals surface area contributed by atoms with Gasteiger partial charge in [0.1, 0.15) is 13.2 Å². The van der Waals surface area contributed by atoms with Crippen molar-refractivity contribution in [1.29, 1.82) is 0 Å². The second kappa shape index (κ2) is 6.38. The topological polar surface area (TPSA) is 46.6 Å². The van der Waals surface area contributed by atoms with Gasteiger partial charge in [-0.15, -0.1) is 0 Å². The molecule has 0 fully saturated rings. The molecule has 1 aliphatic rings. The van der Waals surface area contributed by atoms with Crippen molar-refractivity contribution in [2.24, 2.45) is 0 Å². The molecule has 1 amide bonds. The lowest BCUT2D eigenvalue weighted by atomic mass is 10.1. The SMILES string of the molecule is C=C1c2ccccc2C(=O)N1CC(=O)OCc1ccccc1Br. The molecule has 23 heavy (non-hydrogen) atoms. The first-order valence-electron chi connectivity index (χ1n) is 7.07. The van der Waals surface area contributed by atoms with Gasteiger partial charge in [0.05, 0.1) is 0 Å². The van der Waals surface area contributed by atoms with E-state index in [1.54, 1.807) is 12.1 Å². The summed E-state index contributed by atoms with van der Waals surface area (Å²) in [5.74, 6) is -0.688. The number of carbonyl (C=O) groups excluding carboxylic acids is 2. The minimum atomic E-state index is -0.469. The Hall–Kier alpha value is -2.40. The number of benzene rings is 2. The van der Waals surface area contributed by atoms with E-state index >= 15 is 0 Å². The predicted molar refractivity (Wildman–Crippen MR) is 90.5 cm³/mol. The molecule has 1 heterocycles. The normalized spacial score (nSPS) is 13.2. The molecule has 0 bridgehead atoms. The largest absolute Gasteiger partial charge is 0.459 e. The van der Waals surface area contributed by atoms with Crippen molar-refractivity contribution in [3.63, 3.8) is 0 Å². The maximum Gasteiger partial charge on any atom is 0.326 e. The highest BCUT2D eigenvalue weighted by Gasteiger charge is 2.32. The fourth-order valence-electron chi connectivity index (χ4n) is 2.45. The van der Waals surface area contributed by atoms with E-state index in [1.165, 1.54) is 4.90 Å². The van der Waals surface area contributed by atoms with Crippen LogP contribution in [-0.2, 0) is 16.1 Å². The lowest BCUT2D eigenvalue weighted by molar-refractivity contribution is -0.145. The molecule has 3 rings (SSSR count). The van der Waals surface area contributed by atoms with E-state index in [4.69, 9.17) is 4.74 Å². The molecule has 0 aliphatic carbocycles. The van der Waals surface area contributed by atoms with Gasteiger partial charge in [-0.2, -0.15) is 0 Å². The van der Waals surface area contributed by atoms with Gasteiger partial charge in [0.15, 0.2) is 0 Å². The number of amides is 1. The Bertz CT molecular complexity index is 765.